The molecule has 34 heavy (non-hydrogen) atoms. The summed E-state index contributed by atoms with van der Waals surface area (Å²) in [6.45, 7) is 0.782. The lowest BCUT2D eigenvalue weighted by atomic mass is 10.1. The van der Waals surface area contributed by atoms with Crippen LogP contribution in [0.5, 0.6) is 0 Å². The molecule has 11 heteroatoms. The number of amides is 2. The zero-order chi connectivity index (χ0) is 24.0. The second kappa shape index (κ2) is 8.75. The number of halogens is 4. The van der Waals surface area contributed by atoms with Gasteiger partial charge in [-0.3, -0.25) is 19.2 Å². The second-order valence-electron chi connectivity index (χ2n) is 7.99. The molecule has 2 amide bonds. The molecule has 0 saturated carbocycles. The van der Waals surface area contributed by atoms with Crippen LogP contribution in [0.4, 0.5) is 18.0 Å². The molecule has 0 bridgehead atoms. The molecule has 6 nitrogen and oxygen atoms in total. The Kier molecular flexibility index (Phi) is 5.91. The molecule has 0 aliphatic carbocycles. The Balaban J connectivity index is 1.41. The fourth-order valence-electron chi connectivity index (χ4n) is 4.10. The minimum absolute atomic E-state index is 0.0101. The summed E-state index contributed by atoms with van der Waals surface area (Å²) in [6.07, 6.45) is -0.722. The van der Waals surface area contributed by atoms with Crippen LogP contribution in [-0.2, 0) is 22.3 Å². The average molecular weight is 508 g/mol. The topological polar surface area (TPSA) is 64.4 Å². The van der Waals surface area contributed by atoms with Crippen molar-refractivity contribution in [3.63, 3.8) is 0 Å². The Bertz CT molecular complexity index is 1330. The predicted molar refractivity (Wildman–Crippen MR) is 122 cm³/mol. The van der Waals surface area contributed by atoms with Crippen molar-refractivity contribution in [1.82, 2.24) is 14.7 Å². The maximum Gasteiger partial charge on any atom is 0.416 e. The zero-order valence-corrected chi connectivity index (χ0v) is 19.1. The Hall–Kier alpha value is -2.82. The summed E-state index contributed by atoms with van der Waals surface area (Å²) in [5, 5.41) is 4.64. The third-order valence-electron chi connectivity index (χ3n) is 5.76. The average Bonchev–Trinajstić information content (AvgIpc) is 3.49. The molecule has 2 aliphatic rings. The van der Waals surface area contributed by atoms with Crippen molar-refractivity contribution < 1.29 is 27.5 Å². The highest BCUT2D eigenvalue weighted by molar-refractivity contribution is 8.18. The lowest BCUT2D eigenvalue weighted by molar-refractivity contribution is -0.138. The van der Waals surface area contributed by atoms with E-state index < -0.39 is 11.7 Å². The number of carbonyl (C=O) groups is 2. The first-order valence-corrected chi connectivity index (χ1v) is 11.6. The summed E-state index contributed by atoms with van der Waals surface area (Å²) in [5.41, 5.74) is 0.568. The summed E-state index contributed by atoms with van der Waals surface area (Å²) in [5.74, 6) is -0.344. The van der Waals surface area contributed by atoms with Gasteiger partial charge in [-0.15, -0.1) is 0 Å². The van der Waals surface area contributed by atoms with Crippen molar-refractivity contribution in [2.75, 3.05) is 13.2 Å². The van der Waals surface area contributed by atoms with E-state index in [0.29, 0.717) is 41.0 Å². The maximum atomic E-state index is 13.4. The zero-order valence-electron chi connectivity index (χ0n) is 17.5. The Morgan fingerprint density at radius 3 is 2.76 bits per heavy atom. The predicted octanol–water partition coefficient (Wildman–Crippen LogP) is 5.58. The molecule has 0 N–H and O–H groups in total. The van der Waals surface area contributed by atoms with Gasteiger partial charge in [-0.05, 0) is 59.7 Å². The summed E-state index contributed by atoms with van der Waals surface area (Å²) in [7, 11) is 0. The molecule has 2 fully saturated rings. The van der Waals surface area contributed by atoms with Gasteiger partial charge in [-0.25, -0.2) is 0 Å². The van der Waals surface area contributed by atoms with Crippen molar-refractivity contribution in [2.45, 2.75) is 25.2 Å². The molecule has 0 spiro atoms. The van der Waals surface area contributed by atoms with Crippen molar-refractivity contribution in [1.29, 1.82) is 0 Å². The number of hydrogen-bond donors (Lipinski definition) is 0. The number of ether oxygens (including phenoxy) is 1. The largest absolute Gasteiger partial charge is 0.416 e. The van der Waals surface area contributed by atoms with Crippen molar-refractivity contribution in [3.8, 4) is 0 Å². The number of benzene rings is 2. The number of rotatable bonds is 4. The summed E-state index contributed by atoms with van der Waals surface area (Å²) < 4.78 is 47.1. The molecule has 5 rings (SSSR count). The number of nitrogens with zero attached hydrogens (tertiary/aromatic N) is 3. The number of aromatic nitrogens is 2. The van der Waals surface area contributed by atoms with Gasteiger partial charge in [0, 0.05) is 17.0 Å². The molecule has 3 heterocycles. The smallest absolute Gasteiger partial charge is 0.379 e. The number of alkyl halides is 3. The second-order valence-corrected chi connectivity index (χ2v) is 9.42. The molecule has 0 radical (unpaired) electrons. The van der Waals surface area contributed by atoms with E-state index in [1.54, 1.807) is 30.5 Å². The third kappa shape index (κ3) is 4.33. The molecule has 2 saturated heterocycles. The van der Waals surface area contributed by atoms with Gasteiger partial charge in [0.1, 0.15) is 0 Å². The van der Waals surface area contributed by atoms with Gasteiger partial charge in [0.2, 0.25) is 0 Å². The lowest BCUT2D eigenvalue weighted by Crippen LogP contribution is -2.38. The first-order valence-electron chi connectivity index (χ1n) is 10.4. The highest BCUT2D eigenvalue weighted by Crippen LogP contribution is 2.36. The monoisotopic (exact) mass is 507 g/mol. The minimum Gasteiger partial charge on any atom is -0.379 e. The Morgan fingerprint density at radius 1 is 1.21 bits per heavy atom. The highest BCUT2D eigenvalue weighted by Gasteiger charge is 2.41. The molecule has 2 aromatic carbocycles. The maximum absolute atomic E-state index is 13.4. The van der Waals surface area contributed by atoms with Crippen molar-refractivity contribution >= 4 is 51.5 Å². The number of carbonyl (C=O) groups excluding carboxylic acids is 2. The normalized spacial score (nSPS) is 20.3. The van der Waals surface area contributed by atoms with Crippen LogP contribution in [0.1, 0.15) is 23.1 Å². The standard InChI is InChI=1S/C23H17ClF3N3O3S/c24-16-3-2-14(18(9-16)23(25,26)27)11-29-19-4-1-13(7-15(19)10-28-29)8-20-21(31)30(22(32)34-20)17-5-6-33-12-17/h1-4,7-10,17H,5-6,11-12H2. The first kappa shape index (κ1) is 22.9. The van der Waals surface area contributed by atoms with E-state index in [4.69, 9.17) is 16.3 Å². The summed E-state index contributed by atoms with van der Waals surface area (Å²) in [4.78, 5) is 26.7. The Labute approximate surface area is 201 Å². The van der Waals surface area contributed by atoms with E-state index in [-0.39, 0.29) is 34.3 Å². The van der Waals surface area contributed by atoms with E-state index in [2.05, 4.69) is 5.10 Å². The lowest BCUT2D eigenvalue weighted by Gasteiger charge is -2.18. The highest BCUT2D eigenvalue weighted by atomic mass is 35.5. The first-order chi connectivity index (χ1) is 16.2. The van der Waals surface area contributed by atoms with Crippen LogP contribution < -0.4 is 0 Å². The molecule has 1 unspecified atom stereocenters. The third-order valence-corrected chi connectivity index (χ3v) is 6.87. The summed E-state index contributed by atoms with van der Waals surface area (Å²) >= 11 is 6.65. The van der Waals surface area contributed by atoms with Crippen LogP contribution in [0.25, 0.3) is 17.0 Å². The van der Waals surface area contributed by atoms with Crippen LogP contribution in [-0.4, -0.2) is 45.1 Å². The van der Waals surface area contributed by atoms with Gasteiger partial charge in [0.25, 0.3) is 11.1 Å². The number of hydrogen-bond acceptors (Lipinski definition) is 5. The van der Waals surface area contributed by atoms with Crippen LogP contribution >= 0.6 is 23.4 Å². The van der Waals surface area contributed by atoms with Gasteiger partial charge in [-0.2, -0.15) is 18.3 Å². The van der Waals surface area contributed by atoms with Gasteiger partial charge < -0.3 is 4.74 Å². The van der Waals surface area contributed by atoms with E-state index in [0.717, 1.165) is 17.8 Å². The molecule has 2 aliphatic heterocycles. The van der Waals surface area contributed by atoms with E-state index in [1.807, 2.05) is 0 Å². The van der Waals surface area contributed by atoms with Crippen LogP contribution in [0, 0.1) is 0 Å². The van der Waals surface area contributed by atoms with Crippen molar-refractivity contribution in [3.05, 3.63) is 69.2 Å². The van der Waals surface area contributed by atoms with E-state index in [1.165, 1.54) is 21.7 Å². The quantitative estimate of drug-likeness (QED) is 0.431. The van der Waals surface area contributed by atoms with Gasteiger partial charge in [-0.1, -0.05) is 23.7 Å². The number of fused-ring (bicyclic) bond motifs is 1. The summed E-state index contributed by atoms with van der Waals surface area (Å²) in [6, 6.07) is 8.67. The van der Waals surface area contributed by atoms with Crippen LogP contribution in [0.2, 0.25) is 5.02 Å². The number of thioether (sulfide) groups is 1. The molecule has 1 atom stereocenters. The minimum atomic E-state index is -4.54. The van der Waals surface area contributed by atoms with E-state index >= 15 is 0 Å². The Morgan fingerprint density at radius 2 is 2.03 bits per heavy atom. The van der Waals surface area contributed by atoms with Crippen LogP contribution in [0.3, 0.4) is 0 Å². The molecular weight excluding hydrogens is 491 g/mol. The van der Waals surface area contributed by atoms with Gasteiger partial charge >= 0.3 is 6.18 Å². The molecule has 3 aromatic rings. The fraction of sp³-hybridized carbons (Fsp3) is 0.261. The van der Waals surface area contributed by atoms with Gasteiger partial charge in [0.15, 0.2) is 0 Å². The molecular formula is C23H17ClF3N3O3S. The molecule has 176 valence electrons. The SMILES string of the molecule is O=C1SC(=Cc2ccc3c(cnn3Cc3ccc(Cl)cc3C(F)(F)F)c2)C(=O)N1C1CCOC1. The number of imide groups is 1. The van der Waals surface area contributed by atoms with Crippen molar-refractivity contribution in [2.24, 2.45) is 0 Å². The van der Waals surface area contributed by atoms with Crippen LogP contribution in [0.15, 0.2) is 47.5 Å². The fourth-order valence-corrected chi connectivity index (χ4v) is 5.18. The van der Waals surface area contributed by atoms with Gasteiger partial charge in [0.05, 0.1) is 41.4 Å². The van der Waals surface area contributed by atoms with E-state index in [9.17, 15) is 22.8 Å². The molecule has 1 aromatic heterocycles.